The fourth-order valence-corrected chi connectivity index (χ4v) is 3.02. The van der Waals surface area contributed by atoms with Gasteiger partial charge < -0.3 is 14.6 Å². The summed E-state index contributed by atoms with van der Waals surface area (Å²) in [5.74, 6) is -0.493. The van der Waals surface area contributed by atoms with Gasteiger partial charge in [0, 0.05) is 11.3 Å². The van der Waals surface area contributed by atoms with Crippen LogP contribution in [0.2, 0.25) is 0 Å². The Morgan fingerprint density at radius 1 is 0.966 bits per heavy atom. The van der Waals surface area contributed by atoms with Gasteiger partial charge in [0.1, 0.15) is 0 Å². The van der Waals surface area contributed by atoms with Crippen molar-refractivity contribution in [2.75, 3.05) is 5.32 Å². The monoisotopic (exact) mass is 405 g/mol. The molecule has 0 bridgehead atoms. The molecule has 0 saturated carbocycles. The van der Waals surface area contributed by atoms with Crippen LogP contribution in [0.25, 0.3) is 0 Å². The van der Waals surface area contributed by atoms with Crippen molar-refractivity contribution in [3.63, 3.8) is 0 Å². The summed E-state index contributed by atoms with van der Waals surface area (Å²) in [6, 6.07) is 9.47. The number of amides is 1. The summed E-state index contributed by atoms with van der Waals surface area (Å²) < 4.78 is 50.3. The van der Waals surface area contributed by atoms with Crippen molar-refractivity contribution in [1.82, 2.24) is 0 Å². The summed E-state index contributed by atoms with van der Waals surface area (Å²) in [7, 11) is -0.581. The fourth-order valence-electron chi connectivity index (χ4n) is 3.02. The highest BCUT2D eigenvalue weighted by Crippen LogP contribution is 2.37. The Balaban J connectivity index is 1.81. The van der Waals surface area contributed by atoms with Gasteiger partial charge >= 0.3 is 13.3 Å². The predicted octanol–water partition coefficient (Wildman–Crippen LogP) is 4.57. The van der Waals surface area contributed by atoms with Crippen LogP contribution in [-0.4, -0.2) is 24.2 Å². The van der Waals surface area contributed by atoms with Gasteiger partial charge in [0.25, 0.3) is 5.91 Å². The van der Waals surface area contributed by atoms with Crippen LogP contribution < -0.4 is 10.8 Å². The molecule has 8 heteroatoms. The first-order valence-corrected chi connectivity index (χ1v) is 9.25. The fraction of sp³-hybridized carbons (Fsp3) is 0.381. The number of benzene rings is 2. The number of carbonyl (C=O) groups is 1. The quantitative estimate of drug-likeness (QED) is 0.762. The lowest BCUT2D eigenvalue weighted by atomic mass is 9.76. The predicted molar refractivity (Wildman–Crippen MR) is 106 cm³/mol. The number of alkyl halides is 3. The summed E-state index contributed by atoms with van der Waals surface area (Å²) in [4.78, 5) is 12.5. The molecular weight excluding hydrogens is 382 g/mol. The number of carbonyl (C=O) groups excluding carboxylic acids is 1. The van der Waals surface area contributed by atoms with Gasteiger partial charge in [-0.3, -0.25) is 4.79 Å². The summed E-state index contributed by atoms with van der Waals surface area (Å²) in [6.07, 6.45) is -4.44. The van der Waals surface area contributed by atoms with E-state index in [1.54, 1.807) is 12.1 Å². The van der Waals surface area contributed by atoms with Gasteiger partial charge in [0.15, 0.2) is 0 Å². The average Bonchev–Trinajstić information content (AvgIpc) is 2.83. The molecule has 0 aromatic heterocycles. The largest absolute Gasteiger partial charge is 0.495 e. The molecule has 29 heavy (non-hydrogen) atoms. The van der Waals surface area contributed by atoms with E-state index in [1.165, 1.54) is 0 Å². The van der Waals surface area contributed by atoms with Crippen LogP contribution in [0.4, 0.5) is 18.9 Å². The molecule has 1 aliphatic rings. The Labute approximate surface area is 168 Å². The molecule has 0 atom stereocenters. The van der Waals surface area contributed by atoms with E-state index in [2.05, 4.69) is 5.32 Å². The van der Waals surface area contributed by atoms with E-state index < -0.39 is 36.0 Å². The second-order valence-electron chi connectivity index (χ2n) is 8.14. The van der Waals surface area contributed by atoms with Gasteiger partial charge in [-0.05, 0) is 76.0 Å². The molecule has 0 spiro atoms. The van der Waals surface area contributed by atoms with E-state index >= 15 is 0 Å². The van der Waals surface area contributed by atoms with Gasteiger partial charge in [-0.2, -0.15) is 13.2 Å². The van der Waals surface area contributed by atoms with Crippen LogP contribution in [0.5, 0.6) is 0 Å². The van der Waals surface area contributed by atoms with Gasteiger partial charge in [-0.1, -0.05) is 12.1 Å². The van der Waals surface area contributed by atoms with Crippen LogP contribution in [0.3, 0.4) is 0 Å². The summed E-state index contributed by atoms with van der Waals surface area (Å²) in [6.45, 7) is 9.66. The first-order valence-electron chi connectivity index (χ1n) is 9.25. The van der Waals surface area contributed by atoms with Gasteiger partial charge in [-0.25, -0.2) is 0 Å². The number of anilines is 1. The van der Waals surface area contributed by atoms with Crippen LogP contribution in [0.15, 0.2) is 42.5 Å². The summed E-state index contributed by atoms with van der Waals surface area (Å²) >= 11 is 0. The Kier molecular flexibility index (Phi) is 5.30. The molecule has 1 heterocycles. The van der Waals surface area contributed by atoms with E-state index in [4.69, 9.17) is 9.31 Å². The lowest BCUT2D eigenvalue weighted by molar-refractivity contribution is -0.137. The smallest absolute Gasteiger partial charge is 0.399 e. The zero-order valence-electron chi connectivity index (χ0n) is 17.0. The maximum absolute atomic E-state index is 12.7. The molecule has 1 aliphatic heterocycles. The third-order valence-electron chi connectivity index (χ3n) is 5.61. The number of hydrogen-bond acceptors (Lipinski definition) is 3. The van der Waals surface area contributed by atoms with Crippen molar-refractivity contribution in [2.24, 2.45) is 0 Å². The number of hydrogen-bond donors (Lipinski definition) is 1. The molecule has 0 aliphatic carbocycles. The minimum atomic E-state index is -4.44. The average molecular weight is 405 g/mol. The van der Waals surface area contributed by atoms with Crippen LogP contribution >= 0.6 is 0 Å². The number of nitrogens with one attached hydrogen (secondary N) is 1. The highest BCUT2D eigenvalue weighted by atomic mass is 19.4. The molecule has 154 valence electrons. The topological polar surface area (TPSA) is 47.6 Å². The van der Waals surface area contributed by atoms with Gasteiger partial charge in [-0.15, -0.1) is 0 Å². The standard InChI is InChI=1S/C21H23BF3NO3/c1-13-16(22-28-19(2,3)20(4,5)29-22)7-6-8-17(13)26-18(27)14-9-11-15(12-10-14)21(23,24)25/h6-12H,1-5H3,(H,26,27). The molecule has 0 unspecified atom stereocenters. The van der Waals surface area contributed by atoms with E-state index in [-0.39, 0.29) is 5.56 Å². The first-order chi connectivity index (χ1) is 13.3. The maximum Gasteiger partial charge on any atom is 0.495 e. The third kappa shape index (κ3) is 4.18. The zero-order valence-corrected chi connectivity index (χ0v) is 17.0. The van der Waals surface area contributed by atoms with Crippen LogP contribution in [-0.2, 0) is 15.5 Å². The van der Waals surface area contributed by atoms with E-state index in [1.807, 2.05) is 40.7 Å². The van der Waals surface area contributed by atoms with Crippen molar-refractivity contribution >= 4 is 24.2 Å². The zero-order chi connectivity index (χ0) is 21.6. The molecule has 1 N–H and O–H groups in total. The first kappa shape index (κ1) is 21.4. The second-order valence-corrected chi connectivity index (χ2v) is 8.14. The van der Waals surface area contributed by atoms with Crippen molar-refractivity contribution < 1.29 is 27.3 Å². The van der Waals surface area contributed by atoms with Crippen LogP contribution in [0.1, 0.15) is 49.2 Å². The molecule has 1 saturated heterocycles. The third-order valence-corrected chi connectivity index (χ3v) is 5.61. The van der Waals surface area contributed by atoms with E-state index in [9.17, 15) is 18.0 Å². The lowest BCUT2D eigenvalue weighted by Crippen LogP contribution is -2.41. The van der Waals surface area contributed by atoms with Crippen molar-refractivity contribution in [2.45, 2.75) is 52.0 Å². The molecule has 0 radical (unpaired) electrons. The molecule has 2 aromatic carbocycles. The Hall–Kier alpha value is -2.32. The Morgan fingerprint density at radius 3 is 2.03 bits per heavy atom. The molecule has 2 aromatic rings. The highest BCUT2D eigenvalue weighted by molar-refractivity contribution is 6.62. The second kappa shape index (κ2) is 7.18. The maximum atomic E-state index is 12.7. The van der Waals surface area contributed by atoms with Crippen molar-refractivity contribution in [1.29, 1.82) is 0 Å². The van der Waals surface area contributed by atoms with Gasteiger partial charge in [0.2, 0.25) is 0 Å². The minimum absolute atomic E-state index is 0.137. The van der Waals surface area contributed by atoms with Gasteiger partial charge in [0.05, 0.1) is 16.8 Å². The Bertz CT molecular complexity index is 908. The van der Waals surface area contributed by atoms with E-state index in [0.717, 1.165) is 35.3 Å². The van der Waals surface area contributed by atoms with E-state index in [0.29, 0.717) is 5.69 Å². The SMILES string of the molecule is Cc1c(NC(=O)c2ccc(C(F)(F)F)cc2)cccc1B1OC(C)(C)C(C)(C)O1. The molecule has 1 fully saturated rings. The summed E-state index contributed by atoms with van der Waals surface area (Å²) in [5, 5.41) is 2.76. The summed E-state index contributed by atoms with van der Waals surface area (Å²) in [5.41, 5.74) is 0.446. The highest BCUT2D eigenvalue weighted by Gasteiger charge is 2.52. The lowest BCUT2D eigenvalue weighted by Gasteiger charge is -2.32. The molecule has 3 rings (SSSR count). The molecule has 1 amide bonds. The van der Waals surface area contributed by atoms with Crippen LogP contribution in [0, 0.1) is 6.92 Å². The molecular formula is C21H23BF3NO3. The number of halogens is 3. The van der Waals surface area contributed by atoms with Crippen molar-refractivity contribution in [3.8, 4) is 0 Å². The molecule has 4 nitrogen and oxygen atoms in total. The Morgan fingerprint density at radius 2 is 1.52 bits per heavy atom. The normalized spacial score (nSPS) is 18.0. The van der Waals surface area contributed by atoms with Crippen molar-refractivity contribution in [3.05, 3.63) is 59.2 Å². The minimum Gasteiger partial charge on any atom is -0.399 e. The number of rotatable bonds is 3.